The summed E-state index contributed by atoms with van der Waals surface area (Å²) in [5.74, 6) is 1.000. The van der Waals surface area contributed by atoms with Gasteiger partial charge in [-0.3, -0.25) is 4.90 Å². The Morgan fingerprint density at radius 2 is 2.14 bits per heavy atom. The molecule has 0 radical (unpaired) electrons. The van der Waals surface area contributed by atoms with E-state index in [2.05, 4.69) is 18.7 Å². The van der Waals surface area contributed by atoms with Gasteiger partial charge in [0, 0.05) is 18.6 Å². The molecular weight excluding hydrogens is 86.1 g/mol. The Bertz CT molecular complexity index is 88.4. The highest BCUT2D eigenvalue weighted by atomic mass is 15.4. The lowest BCUT2D eigenvalue weighted by Crippen LogP contribution is -2.39. The average Bonchev–Trinajstić information content (AvgIpc) is 2.39. The molecule has 0 bridgehead atoms. The summed E-state index contributed by atoms with van der Waals surface area (Å²) >= 11 is 0. The molecule has 2 aliphatic heterocycles. The Balaban J connectivity index is 2.09. The molecule has 2 aliphatic rings. The zero-order valence-electron chi connectivity index (χ0n) is 4.89. The van der Waals surface area contributed by atoms with E-state index < -0.39 is 0 Å². The fourth-order valence-corrected chi connectivity index (χ4v) is 1.63. The van der Waals surface area contributed by atoms with Crippen molar-refractivity contribution in [2.45, 2.75) is 25.9 Å². The molecule has 4 atom stereocenters. The Labute approximate surface area is 44.3 Å². The first-order valence-electron chi connectivity index (χ1n) is 3.06. The molecule has 0 spiro atoms. The van der Waals surface area contributed by atoms with Crippen LogP contribution in [-0.4, -0.2) is 23.5 Å². The van der Waals surface area contributed by atoms with Gasteiger partial charge >= 0.3 is 0 Å². The van der Waals surface area contributed by atoms with E-state index in [1.165, 1.54) is 6.54 Å². The molecule has 2 fully saturated rings. The lowest BCUT2D eigenvalue weighted by Gasteiger charge is -2.31. The van der Waals surface area contributed by atoms with Crippen molar-refractivity contribution >= 4 is 0 Å². The largest absolute Gasteiger partial charge is 0.294 e. The molecular formula is C6H11N. The van der Waals surface area contributed by atoms with Crippen molar-refractivity contribution in [3.63, 3.8) is 0 Å². The third kappa shape index (κ3) is 0.290. The van der Waals surface area contributed by atoms with Crippen LogP contribution in [0.3, 0.4) is 0 Å². The molecule has 0 aromatic heterocycles. The number of nitrogens with zero attached hydrogens (tertiary/aromatic N) is 1. The van der Waals surface area contributed by atoms with Gasteiger partial charge in [0.25, 0.3) is 0 Å². The molecule has 0 saturated carbocycles. The first-order chi connectivity index (χ1) is 3.30. The van der Waals surface area contributed by atoms with E-state index in [1.807, 2.05) is 0 Å². The summed E-state index contributed by atoms with van der Waals surface area (Å²) in [6.45, 7) is 6.05. The summed E-state index contributed by atoms with van der Waals surface area (Å²) in [4.78, 5) is 2.53. The molecule has 1 nitrogen and oxygen atoms in total. The Kier molecular flexibility index (Phi) is 0.487. The molecule has 0 aliphatic carbocycles. The summed E-state index contributed by atoms with van der Waals surface area (Å²) in [5.41, 5.74) is 0. The third-order valence-corrected chi connectivity index (χ3v) is 2.58. The van der Waals surface area contributed by atoms with E-state index in [4.69, 9.17) is 0 Å². The topological polar surface area (TPSA) is 3.01 Å². The van der Waals surface area contributed by atoms with Gasteiger partial charge < -0.3 is 0 Å². The zero-order valence-corrected chi connectivity index (χ0v) is 4.89. The second kappa shape index (κ2) is 0.873. The van der Waals surface area contributed by atoms with Crippen molar-refractivity contribution in [2.24, 2.45) is 5.92 Å². The zero-order chi connectivity index (χ0) is 5.02. The Hall–Kier alpha value is -0.0400. The van der Waals surface area contributed by atoms with Gasteiger partial charge in [-0.05, 0) is 12.8 Å². The summed E-state index contributed by atoms with van der Waals surface area (Å²) in [6.07, 6.45) is 0. The predicted octanol–water partition coefficient (Wildman–Crippen LogP) is 0.709. The smallest absolute Gasteiger partial charge is 0.0267 e. The van der Waals surface area contributed by atoms with E-state index in [0.29, 0.717) is 0 Å². The Morgan fingerprint density at radius 3 is 2.29 bits per heavy atom. The number of fused-ring (bicyclic) bond motifs is 1. The molecule has 2 rings (SSSR count). The highest BCUT2D eigenvalue weighted by Gasteiger charge is 2.54. The maximum Gasteiger partial charge on any atom is 0.0267 e. The van der Waals surface area contributed by atoms with Crippen molar-refractivity contribution in [1.82, 2.24) is 4.90 Å². The number of hydrogen-bond donors (Lipinski definition) is 0. The maximum atomic E-state index is 2.53. The van der Waals surface area contributed by atoms with E-state index >= 15 is 0 Å². The first-order valence-corrected chi connectivity index (χ1v) is 3.06. The molecule has 2 saturated heterocycles. The fraction of sp³-hybridized carbons (Fsp3) is 1.00. The normalized spacial score (nSPS) is 66.0. The lowest BCUT2D eigenvalue weighted by molar-refractivity contribution is 0.177. The van der Waals surface area contributed by atoms with Gasteiger partial charge in [-0.1, -0.05) is 6.92 Å². The van der Waals surface area contributed by atoms with E-state index in [0.717, 1.165) is 18.0 Å². The van der Waals surface area contributed by atoms with Gasteiger partial charge in [0.1, 0.15) is 0 Å². The van der Waals surface area contributed by atoms with Crippen LogP contribution in [0.1, 0.15) is 13.8 Å². The van der Waals surface area contributed by atoms with Gasteiger partial charge in [0.15, 0.2) is 0 Å². The lowest BCUT2D eigenvalue weighted by atomic mass is 9.94. The quantitative estimate of drug-likeness (QED) is 0.402. The Morgan fingerprint density at radius 1 is 1.43 bits per heavy atom. The van der Waals surface area contributed by atoms with Crippen molar-refractivity contribution in [2.75, 3.05) is 6.54 Å². The van der Waals surface area contributed by atoms with Crippen LogP contribution in [0, 0.1) is 5.92 Å². The van der Waals surface area contributed by atoms with Gasteiger partial charge in [-0.25, -0.2) is 0 Å². The summed E-state index contributed by atoms with van der Waals surface area (Å²) in [7, 11) is 0. The standard InChI is InChI=1S/C6H11N/c1-4-5(2)7-3-6(4)7/h4-6H,3H2,1-2H3. The van der Waals surface area contributed by atoms with Crippen LogP contribution in [0.5, 0.6) is 0 Å². The van der Waals surface area contributed by atoms with Crippen LogP contribution in [0.15, 0.2) is 0 Å². The molecule has 0 N–H and O–H groups in total. The van der Waals surface area contributed by atoms with Crippen molar-refractivity contribution in [3.05, 3.63) is 0 Å². The van der Waals surface area contributed by atoms with E-state index in [9.17, 15) is 0 Å². The minimum Gasteiger partial charge on any atom is -0.294 e. The van der Waals surface area contributed by atoms with Crippen LogP contribution in [0.2, 0.25) is 0 Å². The van der Waals surface area contributed by atoms with Crippen LogP contribution in [-0.2, 0) is 0 Å². The van der Waals surface area contributed by atoms with Gasteiger partial charge in [-0.2, -0.15) is 0 Å². The average molecular weight is 97.2 g/mol. The highest BCUT2D eigenvalue weighted by Crippen LogP contribution is 2.43. The van der Waals surface area contributed by atoms with Gasteiger partial charge in [-0.15, -0.1) is 0 Å². The second-order valence-electron chi connectivity index (χ2n) is 2.86. The molecule has 40 valence electrons. The van der Waals surface area contributed by atoms with Crippen molar-refractivity contribution in [3.8, 4) is 0 Å². The maximum absolute atomic E-state index is 2.53. The molecule has 0 aromatic rings. The van der Waals surface area contributed by atoms with E-state index in [1.54, 1.807) is 0 Å². The van der Waals surface area contributed by atoms with Crippen molar-refractivity contribution in [1.29, 1.82) is 0 Å². The highest BCUT2D eigenvalue weighted by molar-refractivity contribution is 5.09. The van der Waals surface area contributed by atoms with Crippen LogP contribution < -0.4 is 0 Å². The predicted molar refractivity (Wildman–Crippen MR) is 29.1 cm³/mol. The monoisotopic (exact) mass is 97.1 g/mol. The third-order valence-electron chi connectivity index (χ3n) is 2.58. The molecule has 0 aromatic carbocycles. The van der Waals surface area contributed by atoms with Crippen molar-refractivity contribution < 1.29 is 0 Å². The minimum absolute atomic E-state index is 0.907. The summed E-state index contributed by atoms with van der Waals surface area (Å²) in [5, 5.41) is 0. The number of rotatable bonds is 0. The fourth-order valence-electron chi connectivity index (χ4n) is 1.63. The van der Waals surface area contributed by atoms with Crippen LogP contribution in [0.4, 0.5) is 0 Å². The molecule has 1 heteroatoms. The van der Waals surface area contributed by atoms with Gasteiger partial charge in [0.2, 0.25) is 0 Å². The van der Waals surface area contributed by atoms with Gasteiger partial charge in [0.05, 0.1) is 0 Å². The molecule has 4 unspecified atom stereocenters. The molecule has 7 heavy (non-hydrogen) atoms. The number of hydrogen-bond acceptors (Lipinski definition) is 1. The summed E-state index contributed by atoms with van der Waals surface area (Å²) < 4.78 is 0. The first kappa shape index (κ1) is 3.90. The van der Waals surface area contributed by atoms with Crippen LogP contribution in [0.25, 0.3) is 0 Å². The second-order valence-corrected chi connectivity index (χ2v) is 2.86. The molecule has 2 heterocycles. The van der Waals surface area contributed by atoms with Crippen LogP contribution >= 0.6 is 0 Å². The summed E-state index contributed by atoms with van der Waals surface area (Å²) in [6, 6.07) is 1.92. The molecule has 0 amide bonds. The minimum atomic E-state index is 0.907. The van der Waals surface area contributed by atoms with E-state index in [-0.39, 0.29) is 0 Å². The SMILES string of the molecule is CC1C(C)N2CC12.